The minimum atomic E-state index is 0.716. The molecule has 2 N–H and O–H groups in total. The molecule has 0 aliphatic heterocycles. The Kier molecular flexibility index (Phi) is 1.80. The first-order valence-corrected chi connectivity index (χ1v) is 4.77. The number of benzene rings is 1. The van der Waals surface area contributed by atoms with Gasteiger partial charge in [-0.25, -0.2) is 4.98 Å². The molecule has 1 aromatic heterocycles. The van der Waals surface area contributed by atoms with Crippen LogP contribution in [0, 0.1) is 6.92 Å². The Balaban J connectivity index is 2.94. The summed E-state index contributed by atoms with van der Waals surface area (Å²) in [6.07, 6.45) is 0. The summed E-state index contributed by atoms with van der Waals surface area (Å²) in [6.45, 7) is 1.97. The van der Waals surface area contributed by atoms with Gasteiger partial charge >= 0.3 is 0 Å². The van der Waals surface area contributed by atoms with Crippen molar-refractivity contribution >= 4 is 32.7 Å². The molecule has 0 atom stereocenters. The van der Waals surface area contributed by atoms with Crippen LogP contribution < -0.4 is 5.73 Å². The summed E-state index contributed by atoms with van der Waals surface area (Å²) in [5.74, 6) is 0.972. The van der Waals surface area contributed by atoms with E-state index in [1.807, 2.05) is 30.7 Å². The molecule has 0 bridgehead atoms. The van der Waals surface area contributed by atoms with Gasteiger partial charge in [-0.05, 0) is 19.1 Å². The first-order chi connectivity index (χ1) is 6.09. The summed E-state index contributed by atoms with van der Waals surface area (Å²) in [4.78, 5) is 4.37. The second-order valence-corrected chi connectivity index (χ2v) is 4.00. The van der Waals surface area contributed by atoms with E-state index in [0.717, 1.165) is 21.3 Å². The zero-order valence-electron chi connectivity index (χ0n) is 7.50. The summed E-state index contributed by atoms with van der Waals surface area (Å²) in [5, 5.41) is 0. The van der Waals surface area contributed by atoms with Gasteiger partial charge in [0.15, 0.2) is 0 Å². The third-order valence-electron chi connectivity index (χ3n) is 2.20. The van der Waals surface area contributed by atoms with Crippen LogP contribution in [0.25, 0.3) is 11.0 Å². The fourth-order valence-electron chi connectivity index (χ4n) is 1.39. The van der Waals surface area contributed by atoms with E-state index < -0.39 is 0 Å². The molecule has 13 heavy (non-hydrogen) atoms. The molecule has 0 saturated carbocycles. The first-order valence-electron chi connectivity index (χ1n) is 3.97. The van der Waals surface area contributed by atoms with Crippen LogP contribution in [0.5, 0.6) is 0 Å². The Morgan fingerprint density at radius 1 is 1.46 bits per heavy atom. The number of nitrogen functional groups attached to an aromatic ring is 1. The highest BCUT2D eigenvalue weighted by molar-refractivity contribution is 9.10. The van der Waals surface area contributed by atoms with Crippen LogP contribution in [0.1, 0.15) is 5.82 Å². The molecule has 2 aromatic rings. The van der Waals surface area contributed by atoms with Gasteiger partial charge in [0, 0.05) is 11.5 Å². The molecule has 0 fully saturated rings. The van der Waals surface area contributed by atoms with E-state index in [0.29, 0.717) is 5.69 Å². The molecule has 0 amide bonds. The standard InChI is InChI=1S/C9H10BrN3/c1-5-12-9-7(11)3-6(10)4-8(9)13(5)2/h3-4H,11H2,1-2H3. The number of hydrogen-bond donors (Lipinski definition) is 1. The quantitative estimate of drug-likeness (QED) is 0.717. The molecular formula is C9H10BrN3. The van der Waals surface area contributed by atoms with Crippen LogP contribution in [-0.2, 0) is 7.05 Å². The summed E-state index contributed by atoms with van der Waals surface area (Å²) in [7, 11) is 1.98. The van der Waals surface area contributed by atoms with Gasteiger partial charge in [-0.3, -0.25) is 0 Å². The summed E-state index contributed by atoms with van der Waals surface area (Å²) < 4.78 is 3.01. The number of aromatic nitrogens is 2. The molecule has 0 spiro atoms. The van der Waals surface area contributed by atoms with E-state index in [-0.39, 0.29) is 0 Å². The molecule has 1 aromatic carbocycles. The topological polar surface area (TPSA) is 43.8 Å². The normalized spacial score (nSPS) is 11.0. The number of aryl methyl sites for hydroxylation is 2. The van der Waals surface area contributed by atoms with E-state index in [4.69, 9.17) is 5.73 Å². The van der Waals surface area contributed by atoms with Crippen molar-refractivity contribution in [1.29, 1.82) is 0 Å². The summed E-state index contributed by atoms with van der Waals surface area (Å²) in [6, 6.07) is 3.89. The number of halogens is 1. The van der Waals surface area contributed by atoms with Gasteiger partial charge in [-0.15, -0.1) is 0 Å². The van der Waals surface area contributed by atoms with Crippen molar-refractivity contribution in [3.05, 3.63) is 22.4 Å². The van der Waals surface area contributed by atoms with Gasteiger partial charge in [-0.2, -0.15) is 0 Å². The molecular weight excluding hydrogens is 230 g/mol. The van der Waals surface area contributed by atoms with E-state index >= 15 is 0 Å². The van der Waals surface area contributed by atoms with Gasteiger partial charge in [0.05, 0.1) is 11.2 Å². The lowest BCUT2D eigenvalue weighted by molar-refractivity contribution is 0.886. The number of fused-ring (bicyclic) bond motifs is 1. The number of anilines is 1. The highest BCUT2D eigenvalue weighted by Gasteiger charge is 2.07. The number of rotatable bonds is 0. The van der Waals surface area contributed by atoms with Crippen molar-refractivity contribution in [3.63, 3.8) is 0 Å². The minimum absolute atomic E-state index is 0.716. The smallest absolute Gasteiger partial charge is 0.112 e. The maximum atomic E-state index is 5.83. The molecule has 0 aliphatic rings. The van der Waals surface area contributed by atoms with Crippen LogP contribution >= 0.6 is 15.9 Å². The number of hydrogen-bond acceptors (Lipinski definition) is 2. The van der Waals surface area contributed by atoms with Crippen LogP contribution in [0.2, 0.25) is 0 Å². The average Bonchev–Trinajstić information content (AvgIpc) is 2.32. The Bertz CT molecular complexity index is 473. The minimum Gasteiger partial charge on any atom is -0.397 e. The molecule has 4 heteroatoms. The van der Waals surface area contributed by atoms with E-state index in [2.05, 4.69) is 20.9 Å². The lowest BCUT2D eigenvalue weighted by atomic mass is 10.3. The predicted octanol–water partition coefficient (Wildman–Crippen LogP) is 2.23. The fourth-order valence-corrected chi connectivity index (χ4v) is 1.86. The maximum Gasteiger partial charge on any atom is 0.112 e. The SMILES string of the molecule is Cc1nc2c(N)cc(Br)cc2n1C. The Labute approximate surface area is 84.7 Å². The van der Waals surface area contributed by atoms with Crippen LogP contribution in [0.15, 0.2) is 16.6 Å². The van der Waals surface area contributed by atoms with Gasteiger partial charge in [-0.1, -0.05) is 15.9 Å². The fraction of sp³-hybridized carbons (Fsp3) is 0.222. The van der Waals surface area contributed by atoms with Crippen LogP contribution in [-0.4, -0.2) is 9.55 Å². The molecule has 3 nitrogen and oxygen atoms in total. The second kappa shape index (κ2) is 2.73. The van der Waals surface area contributed by atoms with Crippen molar-refractivity contribution < 1.29 is 0 Å². The molecule has 0 radical (unpaired) electrons. The zero-order valence-corrected chi connectivity index (χ0v) is 9.09. The van der Waals surface area contributed by atoms with Crippen molar-refractivity contribution in [2.24, 2.45) is 7.05 Å². The summed E-state index contributed by atoms with van der Waals surface area (Å²) in [5.41, 5.74) is 8.49. The molecule has 2 rings (SSSR count). The molecule has 0 saturated heterocycles. The van der Waals surface area contributed by atoms with E-state index in [1.165, 1.54) is 0 Å². The van der Waals surface area contributed by atoms with Crippen molar-refractivity contribution in [2.75, 3.05) is 5.73 Å². The van der Waals surface area contributed by atoms with Crippen molar-refractivity contribution in [2.45, 2.75) is 6.92 Å². The Morgan fingerprint density at radius 2 is 2.15 bits per heavy atom. The second-order valence-electron chi connectivity index (χ2n) is 3.08. The zero-order chi connectivity index (χ0) is 9.59. The molecule has 1 heterocycles. The summed E-state index contributed by atoms with van der Waals surface area (Å²) >= 11 is 3.41. The molecule has 0 unspecified atom stereocenters. The van der Waals surface area contributed by atoms with Gasteiger partial charge in [0.1, 0.15) is 11.3 Å². The van der Waals surface area contributed by atoms with E-state index in [1.54, 1.807) is 0 Å². The lowest BCUT2D eigenvalue weighted by Gasteiger charge is -1.99. The third kappa shape index (κ3) is 1.21. The van der Waals surface area contributed by atoms with Crippen LogP contribution in [0.4, 0.5) is 5.69 Å². The van der Waals surface area contributed by atoms with Crippen molar-refractivity contribution in [1.82, 2.24) is 9.55 Å². The Morgan fingerprint density at radius 3 is 2.85 bits per heavy atom. The van der Waals surface area contributed by atoms with E-state index in [9.17, 15) is 0 Å². The highest BCUT2D eigenvalue weighted by Crippen LogP contribution is 2.25. The predicted molar refractivity (Wildman–Crippen MR) is 57.6 cm³/mol. The average molecular weight is 240 g/mol. The van der Waals surface area contributed by atoms with Gasteiger partial charge in [0.2, 0.25) is 0 Å². The maximum absolute atomic E-state index is 5.83. The number of nitrogens with two attached hydrogens (primary N) is 1. The number of imidazole rings is 1. The van der Waals surface area contributed by atoms with Crippen molar-refractivity contribution in [3.8, 4) is 0 Å². The molecule has 68 valence electrons. The molecule has 0 aliphatic carbocycles. The monoisotopic (exact) mass is 239 g/mol. The van der Waals surface area contributed by atoms with Crippen LogP contribution in [0.3, 0.4) is 0 Å². The number of nitrogens with zero attached hydrogens (tertiary/aromatic N) is 2. The van der Waals surface area contributed by atoms with Gasteiger partial charge in [0.25, 0.3) is 0 Å². The van der Waals surface area contributed by atoms with Gasteiger partial charge < -0.3 is 10.3 Å². The lowest BCUT2D eigenvalue weighted by Crippen LogP contribution is -1.90. The highest BCUT2D eigenvalue weighted by atomic mass is 79.9. The largest absolute Gasteiger partial charge is 0.397 e. The Hall–Kier alpha value is -1.03. The first kappa shape index (κ1) is 8.56. The third-order valence-corrected chi connectivity index (χ3v) is 2.66.